The Bertz CT molecular complexity index is 403. The third-order valence-corrected chi connectivity index (χ3v) is 3.04. The second-order valence-corrected chi connectivity index (χ2v) is 4.40. The molecular weight excluding hydrogens is 233 g/mol. The van der Waals surface area contributed by atoms with Crippen molar-refractivity contribution in [3.8, 4) is 5.75 Å². The number of hydrogen-bond donors (Lipinski definition) is 1. The van der Waals surface area contributed by atoms with Gasteiger partial charge in [0, 0.05) is 12.8 Å². The van der Waals surface area contributed by atoms with Crippen LogP contribution in [0.15, 0.2) is 18.2 Å². The van der Waals surface area contributed by atoms with E-state index < -0.39 is 5.82 Å². The molecule has 100 valence electrons. The van der Waals surface area contributed by atoms with E-state index in [1.165, 1.54) is 19.2 Å². The molecule has 0 bridgehead atoms. The Morgan fingerprint density at radius 2 is 2.22 bits per heavy atom. The van der Waals surface area contributed by atoms with Gasteiger partial charge in [-0.2, -0.15) is 0 Å². The number of carbonyl (C=O) groups excluding carboxylic acids is 1. The number of carbonyl (C=O) groups is 1. The van der Waals surface area contributed by atoms with Gasteiger partial charge >= 0.3 is 0 Å². The van der Waals surface area contributed by atoms with Gasteiger partial charge in [-0.1, -0.05) is 19.4 Å². The second kappa shape index (κ2) is 7.11. The molecule has 0 aliphatic rings. The van der Waals surface area contributed by atoms with Gasteiger partial charge < -0.3 is 10.5 Å². The lowest BCUT2D eigenvalue weighted by Crippen LogP contribution is -2.18. The molecule has 1 atom stereocenters. The van der Waals surface area contributed by atoms with E-state index in [-0.39, 0.29) is 23.9 Å². The Morgan fingerprint density at radius 1 is 1.50 bits per heavy atom. The summed E-state index contributed by atoms with van der Waals surface area (Å²) < 4.78 is 18.3. The molecule has 0 fully saturated rings. The standard InChI is InChI=1S/C14H20FNO2/c1-3-10(9-16)6-12(17)7-11-4-5-14(18-2)13(15)8-11/h4-5,8,10H,3,6-7,9,16H2,1-2H3. The van der Waals surface area contributed by atoms with Gasteiger partial charge in [-0.15, -0.1) is 0 Å². The van der Waals surface area contributed by atoms with Crippen molar-refractivity contribution < 1.29 is 13.9 Å². The first-order valence-electron chi connectivity index (χ1n) is 6.14. The van der Waals surface area contributed by atoms with Crippen LogP contribution in [0.2, 0.25) is 0 Å². The molecule has 1 aromatic carbocycles. The van der Waals surface area contributed by atoms with E-state index in [2.05, 4.69) is 0 Å². The number of methoxy groups -OCH3 is 1. The minimum Gasteiger partial charge on any atom is -0.494 e. The van der Waals surface area contributed by atoms with E-state index in [1.807, 2.05) is 6.92 Å². The molecule has 0 amide bonds. The molecule has 0 saturated heterocycles. The van der Waals surface area contributed by atoms with Crippen molar-refractivity contribution in [3.05, 3.63) is 29.6 Å². The molecule has 0 heterocycles. The fraction of sp³-hybridized carbons (Fsp3) is 0.500. The van der Waals surface area contributed by atoms with E-state index in [1.54, 1.807) is 6.07 Å². The fourth-order valence-corrected chi connectivity index (χ4v) is 1.84. The van der Waals surface area contributed by atoms with Crippen LogP contribution in [-0.4, -0.2) is 19.4 Å². The molecule has 3 nitrogen and oxygen atoms in total. The molecule has 0 aliphatic carbocycles. The van der Waals surface area contributed by atoms with Crippen LogP contribution in [0.5, 0.6) is 5.75 Å². The first kappa shape index (κ1) is 14.6. The maximum Gasteiger partial charge on any atom is 0.165 e. The van der Waals surface area contributed by atoms with Gasteiger partial charge in [-0.25, -0.2) is 4.39 Å². The lowest BCUT2D eigenvalue weighted by atomic mass is 9.96. The minimum atomic E-state index is -0.436. The summed E-state index contributed by atoms with van der Waals surface area (Å²) in [6, 6.07) is 4.60. The molecule has 0 spiro atoms. The van der Waals surface area contributed by atoms with E-state index in [4.69, 9.17) is 10.5 Å². The van der Waals surface area contributed by atoms with Crippen molar-refractivity contribution in [1.82, 2.24) is 0 Å². The highest BCUT2D eigenvalue weighted by Crippen LogP contribution is 2.19. The molecule has 4 heteroatoms. The van der Waals surface area contributed by atoms with Gasteiger partial charge in [0.1, 0.15) is 5.78 Å². The zero-order chi connectivity index (χ0) is 13.5. The number of rotatable bonds is 7. The molecule has 0 aromatic heterocycles. The van der Waals surface area contributed by atoms with Gasteiger partial charge in [0.15, 0.2) is 11.6 Å². The van der Waals surface area contributed by atoms with Crippen molar-refractivity contribution in [1.29, 1.82) is 0 Å². The average Bonchev–Trinajstić information content (AvgIpc) is 2.36. The smallest absolute Gasteiger partial charge is 0.165 e. The average molecular weight is 253 g/mol. The van der Waals surface area contributed by atoms with E-state index in [9.17, 15) is 9.18 Å². The number of ketones is 1. The van der Waals surface area contributed by atoms with Crippen LogP contribution in [0, 0.1) is 11.7 Å². The zero-order valence-corrected chi connectivity index (χ0v) is 10.9. The van der Waals surface area contributed by atoms with Crippen LogP contribution in [0.25, 0.3) is 0 Å². The van der Waals surface area contributed by atoms with Crippen molar-refractivity contribution in [2.45, 2.75) is 26.2 Å². The van der Waals surface area contributed by atoms with Gasteiger partial charge in [-0.3, -0.25) is 4.79 Å². The summed E-state index contributed by atoms with van der Waals surface area (Å²) in [5.41, 5.74) is 6.23. The fourth-order valence-electron chi connectivity index (χ4n) is 1.84. The minimum absolute atomic E-state index is 0.0943. The van der Waals surface area contributed by atoms with Crippen molar-refractivity contribution in [2.75, 3.05) is 13.7 Å². The summed E-state index contributed by atoms with van der Waals surface area (Å²) in [6.07, 6.45) is 1.59. The number of nitrogens with two attached hydrogens (primary N) is 1. The molecule has 0 radical (unpaired) electrons. The van der Waals surface area contributed by atoms with Crippen LogP contribution in [-0.2, 0) is 11.2 Å². The largest absolute Gasteiger partial charge is 0.494 e. The van der Waals surface area contributed by atoms with Gasteiger partial charge in [0.25, 0.3) is 0 Å². The normalized spacial score (nSPS) is 12.2. The van der Waals surface area contributed by atoms with Crippen molar-refractivity contribution >= 4 is 5.78 Å². The first-order valence-corrected chi connectivity index (χ1v) is 6.14. The quantitative estimate of drug-likeness (QED) is 0.811. The summed E-state index contributed by atoms with van der Waals surface area (Å²) in [5.74, 6) is 0.0747. The monoisotopic (exact) mass is 253 g/mol. The summed E-state index contributed by atoms with van der Waals surface area (Å²) in [4.78, 5) is 11.8. The van der Waals surface area contributed by atoms with E-state index in [0.29, 0.717) is 18.5 Å². The Balaban J connectivity index is 2.62. The SMILES string of the molecule is CCC(CN)CC(=O)Cc1ccc(OC)c(F)c1. The lowest BCUT2D eigenvalue weighted by molar-refractivity contribution is -0.119. The summed E-state index contributed by atoms with van der Waals surface area (Å²) in [7, 11) is 1.41. The van der Waals surface area contributed by atoms with Crippen LogP contribution in [0.1, 0.15) is 25.3 Å². The first-order chi connectivity index (χ1) is 8.60. The molecule has 0 saturated carbocycles. The maximum atomic E-state index is 13.4. The Labute approximate surface area is 107 Å². The molecule has 0 aliphatic heterocycles. The maximum absolute atomic E-state index is 13.4. The van der Waals surface area contributed by atoms with Crippen LogP contribution >= 0.6 is 0 Å². The predicted molar refractivity (Wildman–Crippen MR) is 69.1 cm³/mol. The van der Waals surface area contributed by atoms with Gasteiger partial charge in [0.2, 0.25) is 0 Å². The topological polar surface area (TPSA) is 52.3 Å². The lowest BCUT2D eigenvalue weighted by Gasteiger charge is -2.11. The van der Waals surface area contributed by atoms with Crippen molar-refractivity contribution in [3.63, 3.8) is 0 Å². The summed E-state index contributed by atoms with van der Waals surface area (Å²) in [6.45, 7) is 2.52. The van der Waals surface area contributed by atoms with E-state index >= 15 is 0 Å². The third kappa shape index (κ3) is 4.11. The molecular formula is C14H20FNO2. The molecule has 1 unspecified atom stereocenters. The molecule has 1 rings (SSSR count). The Morgan fingerprint density at radius 3 is 2.72 bits per heavy atom. The predicted octanol–water partition coefficient (Wildman–Crippen LogP) is 2.32. The van der Waals surface area contributed by atoms with Crippen molar-refractivity contribution in [2.24, 2.45) is 11.7 Å². The molecule has 18 heavy (non-hydrogen) atoms. The zero-order valence-electron chi connectivity index (χ0n) is 10.9. The van der Waals surface area contributed by atoms with E-state index in [0.717, 1.165) is 6.42 Å². The second-order valence-electron chi connectivity index (χ2n) is 4.40. The number of benzene rings is 1. The summed E-state index contributed by atoms with van der Waals surface area (Å²) in [5, 5.41) is 0. The molecule has 2 N–H and O–H groups in total. The van der Waals surface area contributed by atoms with Crippen LogP contribution in [0.4, 0.5) is 4.39 Å². The third-order valence-electron chi connectivity index (χ3n) is 3.04. The summed E-state index contributed by atoms with van der Waals surface area (Å²) >= 11 is 0. The number of ether oxygens (including phenoxy) is 1. The highest BCUT2D eigenvalue weighted by atomic mass is 19.1. The van der Waals surface area contributed by atoms with Crippen LogP contribution < -0.4 is 10.5 Å². The Kier molecular flexibility index (Phi) is 5.78. The van der Waals surface area contributed by atoms with Gasteiger partial charge in [0.05, 0.1) is 7.11 Å². The molecule has 1 aromatic rings. The Hall–Kier alpha value is -1.42. The highest BCUT2D eigenvalue weighted by molar-refractivity contribution is 5.81. The van der Waals surface area contributed by atoms with Crippen LogP contribution in [0.3, 0.4) is 0 Å². The highest BCUT2D eigenvalue weighted by Gasteiger charge is 2.12. The number of Topliss-reactive ketones (excluding diaryl/α,β-unsaturated/α-hetero) is 1. The number of halogens is 1. The van der Waals surface area contributed by atoms with Gasteiger partial charge in [-0.05, 0) is 30.2 Å². The number of hydrogen-bond acceptors (Lipinski definition) is 3.